The predicted octanol–water partition coefficient (Wildman–Crippen LogP) is 0.970. The molecule has 0 aliphatic carbocycles. The highest BCUT2D eigenvalue weighted by molar-refractivity contribution is 8.27. The van der Waals surface area contributed by atoms with E-state index in [1.807, 2.05) is 0 Å². The van der Waals surface area contributed by atoms with Gasteiger partial charge in [-0.25, -0.2) is 0 Å². The maximum Gasteiger partial charge on any atom is 0.243 e. The number of carbonyl (C=O) groups is 1. The summed E-state index contributed by atoms with van der Waals surface area (Å²) in [5.41, 5.74) is 0. The van der Waals surface area contributed by atoms with E-state index in [0.29, 0.717) is 0 Å². The third kappa shape index (κ3) is 1.26. The van der Waals surface area contributed by atoms with E-state index < -0.39 is 0 Å². The molecule has 0 atom stereocenters. The summed E-state index contributed by atoms with van der Waals surface area (Å²) >= 11 is 2.58. The fourth-order valence-corrected chi connectivity index (χ4v) is 2.06. The molecule has 2 nitrogen and oxygen atoms in total. The summed E-state index contributed by atoms with van der Waals surface area (Å²) in [6.45, 7) is 0. The lowest BCUT2D eigenvalue weighted by atomic mass is 10.8. The highest BCUT2D eigenvalue weighted by Crippen LogP contribution is 2.19. The molecule has 44 valence electrons. The van der Waals surface area contributed by atoms with Crippen molar-refractivity contribution in [3.8, 4) is 0 Å². The van der Waals surface area contributed by atoms with Crippen molar-refractivity contribution in [3.05, 3.63) is 0 Å². The summed E-state index contributed by atoms with van der Waals surface area (Å²) in [7, 11) is 0. The van der Waals surface area contributed by atoms with Gasteiger partial charge in [0.15, 0.2) is 0 Å². The van der Waals surface area contributed by atoms with Gasteiger partial charge in [-0.15, -0.1) is 11.8 Å². The maximum atomic E-state index is 10.5. The van der Waals surface area contributed by atoms with Gasteiger partial charge < -0.3 is 0 Å². The fraction of sp³-hybridized carbons (Fsp3) is 0.500. The number of thioether (sulfide) groups is 2. The molecule has 1 fully saturated rings. The molecule has 1 heterocycles. The molecule has 1 aliphatic rings. The number of hydrogen-bond donors (Lipinski definition) is 1. The normalized spacial score (nSPS) is 21.5. The first-order valence-electron chi connectivity index (χ1n) is 2.19. The van der Waals surface area contributed by atoms with Gasteiger partial charge in [0.25, 0.3) is 0 Å². The Morgan fingerprint density at radius 1 is 1.38 bits per heavy atom. The minimum atomic E-state index is -0.0683. The highest BCUT2D eigenvalue weighted by atomic mass is 32.2. The minimum Gasteiger partial charge on any atom is -0.290 e. The summed E-state index contributed by atoms with van der Waals surface area (Å²) in [5.74, 6) is 1.78. The third-order valence-electron chi connectivity index (χ3n) is 0.748. The molecule has 0 aromatic rings. The smallest absolute Gasteiger partial charge is 0.243 e. The van der Waals surface area contributed by atoms with E-state index in [-0.39, 0.29) is 10.2 Å². The molecular weight excluding hydrogens is 142 g/mol. The molecule has 0 amide bonds. The Kier molecular flexibility index (Phi) is 1.96. The summed E-state index contributed by atoms with van der Waals surface area (Å²) in [4.78, 5) is 10.5. The van der Waals surface area contributed by atoms with Crippen molar-refractivity contribution in [3.63, 3.8) is 0 Å². The lowest BCUT2D eigenvalue weighted by molar-refractivity contribution is -0.105. The van der Waals surface area contributed by atoms with Gasteiger partial charge in [0.05, 0.1) is 0 Å². The Labute approximate surface area is 55.9 Å². The zero-order valence-electron chi connectivity index (χ0n) is 4.14. The van der Waals surface area contributed by atoms with Gasteiger partial charge in [0.2, 0.25) is 5.12 Å². The van der Waals surface area contributed by atoms with Crippen LogP contribution in [-0.4, -0.2) is 21.7 Å². The van der Waals surface area contributed by atoms with Crippen LogP contribution >= 0.6 is 23.5 Å². The molecule has 1 saturated heterocycles. The van der Waals surface area contributed by atoms with Gasteiger partial charge in [-0.3, -0.25) is 10.2 Å². The maximum absolute atomic E-state index is 10.5. The van der Waals surface area contributed by atoms with Crippen molar-refractivity contribution in [2.75, 3.05) is 11.5 Å². The minimum absolute atomic E-state index is 0.0683. The standard InChI is InChI=1S/C4H5NOS2/c5-3-4(6)8-2-1-7-3/h5H,1-2H2. The van der Waals surface area contributed by atoms with Crippen molar-refractivity contribution < 1.29 is 4.79 Å². The second kappa shape index (κ2) is 2.55. The highest BCUT2D eigenvalue weighted by Gasteiger charge is 2.15. The van der Waals surface area contributed by atoms with Crippen LogP contribution < -0.4 is 0 Å². The van der Waals surface area contributed by atoms with Gasteiger partial charge in [-0.05, 0) is 0 Å². The van der Waals surface area contributed by atoms with Gasteiger partial charge >= 0.3 is 0 Å². The van der Waals surface area contributed by atoms with Crippen molar-refractivity contribution in [1.82, 2.24) is 0 Å². The van der Waals surface area contributed by atoms with E-state index in [1.54, 1.807) is 0 Å². The zero-order valence-corrected chi connectivity index (χ0v) is 5.77. The first-order chi connectivity index (χ1) is 3.80. The second-order valence-electron chi connectivity index (χ2n) is 1.31. The number of hydrogen-bond acceptors (Lipinski definition) is 4. The first kappa shape index (κ1) is 6.16. The fourth-order valence-electron chi connectivity index (χ4n) is 0.403. The molecule has 4 heteroatoms. The summed E-state index contributed by atoms with van der Waals surface area (Å²) < 4.78 is 0. The average molecular weight is 147 g/mol. The lowest BCUT2D eigenvalue weighted by Crippen LogP contribution is -2.12. The van der Waals surface area contributed by atoms with Crippen LogP contribution in [0.2, 0.25) is 0 Å². The topological polar surface area (TPSA) is 40.9 Å². The molecule has 0 aromatic carbocycles. The molecule has 0 spiro atoms. The molecule has 1 N–H and O–H groups in total. The van der Waals surface area contributed by atoms with Gasteiger partial charge in [0, 0.05) is 11.5 Å². The molecule has 0 bridgehead atoms. The second-order valence-corrected chi connectivity index (χ2v) is 3.49. The molecule has 0 unspecified atom stereocenters. The van der Waals surface area contributed by atoms with E-state index in [0.717, 1.165) is 11.5 Å². The number of nitrogens with one attached hydrogen (secondary N) is 1. The van der Waals surface area contributed by atoms with E-state index in [1.165, 1.54) is 23.5 Å². The van der Waals surface area contributed by atoms with Crippen molar-refractivity contribution in [2.24, 2.45) is 0 Å². The van der Waals surface area contributed by atoms with E-state index >= 15 is 0 Å². The molecular formula is C4H5NOS2. The molecule has 0 aromatic heterocycles. The number of carbonyl (C=O) groups excluding carboxylic acids is 1. The van der Waals surface area contributed by atoms with Crippen LogP contribution in [0.1, 0.15) is 0 Å². The van der Waals surface area contributed by atoms with E-state index in [9.17, 15) is 4.79 Å². The van der Waals surface area contributed by atoms with Crippen molar-refractivity contribution in [1.29, 1.82) is 5.41 Å². The average Bonchev–Trinajstić information content (AvgIpc) is 1.77. The predicted molar refractivity (Wildman–Crippen MR) is 37.6 cm³/mol. The molecule has 8 heavy (non-hydrogen) atoms. The first-order valence-corrected chi connectivity index (χ1v) is 4.16. The molecule has 0 radical (unpaired) electrons. The Morgan fingerprint density at radius 3 is 2.38 bits per heavy atom. The summed E-state index contributed by atoms with van der Waals surface area (Å²) in [6.07, 6.45) is 0. The molecule has 1 rings (SSSR count). The van der Waals surface area contributed by atoms with Crippen LogP contribution in [-0.2, 0) is 4.79 Å². The van der Waals surface area contributed by atoms with Crippen LogP contribution in [0.15, 0.2) is 0 Å². The van der Waals surface area contributed by atoms with Crippen LogP contribution in [0, 0.1) is 5.41 Å². The van der Waals surface area contributed by atoms with Crippen LogP contribution in [0.4, 0.5) is 0 Å². The third-order valence-corrected chi connectivity index (χ3v) is 2.89. The number of rotatable bonds is 0. The zero-order chi connectivity index (χ0) is 5.98. The van der Waals surface area contributed by atoms with Gasteiger partial charge in [0.1, 0.15) is 5.04 Å². The van der Waals surface area contributed by atoms with E-state index in [4.69, 9.17) is 5.41 Å². The summed E-state index contributed by atoms with van der Waals surface area (Å²) in [6, 6.07) is 0. The van der Waals surface area contributed by atoms with Gasteiger partial charge in [-0.1, -0.05) is 11.8 Å². The Morgan fingerprint density at radius 2 is 2.00 bits per heavy atom. The van der Waals surface area contributed by atoms with Crippen LogP contribution in [0.5, 0.6) is 0 Å². The van der Waals surface area contributed by atoms with Gasteiger partial charge in [-0.2, -0.15) is 0 Å². The molecule has 0 saturated carbocycles. The monoisotopic (exact) mass is 147 g/mol. The van der Waals surface area contributed by atoms with Crippen molar-refractivity contribution in [2.45, 2.75) is 0 Å². The Hall–Kier alpha value is 0.0400. The lowest BCUT2D eigenvalue weighted by Gasteiger charge is -2.06. The quantitative estimate of drug-likeness (QED) is 0.555. The SMILES string of the molecule is N=C1SCCSC1=O. The van der Waals surface area contributed by atoms with Crippen molar-refractivity contribution >= 4 is 33.7 Å². The largest absolute Gasteiger partial charge is 0.290 e. The Balaban J connectivity index is 2.52. The van der Waals surface area contributed by atoms with Crippen LogP contribution in [0.25, 0.3) is 0 Å². The van der Waals surface area contributed by atoms with Crippen LogP contribution in [0.3, 0.4) is 0 Å². The Bertz CT molecular complexity index is 118. The van der Waals surface area contributed by atoms with E-state index in [2.05, 4.69) is 0 Å². The summed E-state index contributed by atoms with van der Waals surface area (Å²) in [5, 5.41) is 7.13. The molecule has 1 aliphatic heterocycles.